The second-order valence-corrected chi connectivity index (χ2v) is 18.2. The molecule has 0 saturated carbocycles. The Morgan fingerprint density at radius 1 is 0.302 bits per heavy atom. The Labute approximate surface area is 320 Å². The van der Waals surface area contributed by atoms with E-state index >= 15 is 0 Å². The SMILES string of the molecule is c1ccc(CSC[P+](c2ccccc2)(c2ccccc2)c2ccccc2)cc1.c1ccc([B-](c2ccccc2)(c2ccccc2)c2ccccc2)cc1. The Bertz CT molecular complexity index is 1960. The van der Waals surface area contributed by atoms with Crippen LogP contribution in [0.15, 0.2) is 243 Å². The van der Waals surface area contributed by atoms with Crippen molar-refractivity contribution in [2.75, 3.05) is 5.49 Å². The van der Waals surface area contributed by atoms with Gasteiger partial charge >= 0.3 is 0 Å². The molecular weight excluding hydrogens is 674 g/mol. The third-order valence-corrected chi connectivity index (χ3v) is 16.5. The average molecular weight is 719 g/mol. The molecule has 258 valence electrons. The molecule has 0 heterocycles. The lowest BCUT2D eigenvalue weighted by Gasteiger charge is -2.44. The summed E-state index contributed by atoms with van der Waals surface area (Å²) in [6.45, 7) is 0. The van der Waals surface area contributed by atoms with Crippen LogP contribution in [0.4, 0.5) is 0 Å². The Balaban J connectivity index is 0.000000165. The molecule has 0 fully saturated rings. The fraction of sp³-hybridized carbons (Fsp3) is 0.0400. The van der Waals surface area contributed by atoms with Gasteiger partial charge in [-0.05, 0) is 42.0 Å². The van der Waals surface area contributed by atoms with Crippen molar-refractivity contribution in [3.63, 3.8) is 0 Å². The summed E-state index contributed by atoms with van der Waals surface area (Å²) in [5.74, 6) is 1.04. The number of hydrogen-bond donors (Lipinski definition) is 0. The van der Waals surface area contributed by atoms with Crippen molar-refractivity contribution in [1.82, 2.24) is 0 Å². The molecule has 53 heavy (non-hydrogen) atoms. The summed E-state index contributed by atoms with van der Waals surface area (Å²) in [7, 11) is -1.73. The fourth-order valence-electron chi connectivity index (χ4n) is 7.71. The normalized spacial score (nSPS) is 11.2. The highest BCUT2D eigenvalue weighted by Gasteiger charge is 2.45. The predicted molar refractivity (Wildman–Crippen MR) is 238 cm³/mol. The highest BCUT2D eigenvalue weighted by molar-refractivity contribution is 8.12. The molecule has 0 nitrogen and oxygen atoms in total. The van der Waals surface area contributed by atoms with Crippen LogP contribution >= 0.6 is 19.0 Å². The van der Waals surface area contributed by atoms with Crippen LogP contribution in [0.3, 0.4) is 0 Å². The van der Waals surface area contributed by atoms with Crippen molar-refractivity contribution >= 4 is 62.9 Å². The lowest BCUT2D eigenvalue weighted by Crippen LogP contribution is -2.74. The van der Waals surface area contributed by atoms with Gasteiger partial charge in [-0.25, -0.2) is 0 Å². The maximum Gasteiger partial charge on any atom is 0.122 e. The van der Waals surface area contributed by atoms with E-state index in [2.05, 4.69) is 243 Å². The fourth-order valence-corrected chi connectivity index (χ4v) is 14.3. The molecule has 8 rings (SSSR count). The van der Waals surface area contributed by atoms with E-state index in [1.165, 1.54) is 43.3 Å². The van der Waals surface area contributed by atoms with Crippen molar-refractivity contribution in [2.45, 2.75) is 5.75 Å². The first-order valence-electron chi connectivity index (χ1n) is 18.4. The molecule has 0 N–H and O–H groups in total. The van der Waals surface area contributed by atoms with Gasteiger partial charge in [0.1, 0.15) is 34.8 Å². The molecule has 0 aliphatic rings. The van der Waals surface area contributed by atoms with Gasteiger partial charge in [0.25, 0.3) is 0 Å². The van der Waals surface area contributed by atoms with Gasteiger partial charge in [-0.3, -0.25) is 0 Å². The van der Waals surface area contributed by atoms with E-state index in [9.17, 15) is 0 Å². The summed E-state index contributed by atoms with van der Waals surface area (Å²) in [6.07, 6.45) is -1.22. The zero-order valence-electron chi connectivity index (χ0n) is 29.9. The minimum absolute atomic E-state index is 1.04. The summed E-state index contributed by atoms with van der Waals surface area (Å²) in [6, 6.07) is 87.6. The minimum Gasteiger partial charge on any atom is -0.195 e. The highest BCUT2D eigenvalue weighted by atomic mass is 32.2. The molecule has 0 aliphatic carbocycles. The molecule has 0 amide bonds. The summed E-state index contributed by atoms with van der Waals surface area (Å²) in [4.78, 5) is 0. The molecule has 0 bridgehead atoms. The first-order chi connectivity index (χ1) is 26.3. The van der Waals surface area contributed by atoms with Crippen LogP contribution in [0.1, 0.15) is 5.56 Å². The maximum atomic E-state index is 2.32. The summed E-state index contributed by atoms with van der Waals surface area (Å²) < 4.78 is 0. The third-order valence-electron chi connectivity index (χ3n) is 10.2. The summed E-state index contributed by atoms with van der Waals surface area (Å²) in [5, 5.41) is 4.36. The Morgan fingerprint density at radius 2 is 0.547 bits per heavy atom. The Hall–Kier alpha value is -5.40. The summed E-state index contributed by atoms with van der Waals surface area (Å²) in [5.41, 5.74) is 7.84. The first kappa shape index (κ1) is 36.0. The van der Waals surface area contributed by atoms with E-state index < -0.39 is 13.4 Å². The first-order valence-corrected chi connectivity index (χ1v) is 21.5. The van der Waals surface area contributed by atoms with Gasteiger partial charge in [0.2, 0.25) is 0 Å². The lowest BCUT2D eigenvalue weighted by molar-refractivity contribution is 1.42. The molecular formula is C50H44BPS. The van der Waals surface area contributed by atoms with Crippen LogP contribution in [-0.4, -0.2) is 11.6 Å². The van der Waals surface area contributed by atoms with Crippen molar-refractivity contribution in [1.29, 1.82) is 0 Å². The lowest BCUT2D eigenvalue weighted by atomic mass is 9.13. The van der Waals surface area contributed by atoms with Crippen LogP contribution in [0.2, 0.25) is 0 Å². The highest BCUT2D eigenvalue weighted by Crippen LogP contribution is 2.57. The van der Waals surface area contributed by atoms with E-state index in [0.29, 0.717) is 0 Å². The zero-order chi connectivity index (χ0) is 36.0. The van der Waals surface area contributed by atoms with E-state index in [1.54, 1.807) is 0 Å². The molecule has 0 aliphatic heterocycles. The van der Waals surface area contributed by atoms with Crippen molar-refractivity contribution in [3.8, 4) is 0 Å². The average Bonchev–Trinajstić information content (AvgIpc) is 3.26. The van der Waals surface area contributed by atoms with Gasteiger partial charge in [-0.1, -0.05) is 206 Å². The van der Waals surface area contributed by atoms with Crippen molar-refractivity contribution in [2.24, 2.45) is 0 Å². The monoisotopic (exact) mass is 718 g/mol. The minimum atomic E-state index is -1.73. The molecule has 0 spiro atoms. The van der Waals surface area contributed by atoms with Crippen LogP contribution in [0.25, 0.3) is 0 Å². The largest absolute Gasteiger partial charge is 0.195 e. The van der Waals surface area contributed by atoms with E-state index in [4.69, 9.17) is 0 Å². The summed E-state index contributed by atoms with van der Waals surface area (Å²) >= 11 is 2.05. The molecule has 8 aromatic carbocycles. The number of rotatable bonds is 11. The number of hydrogen-bond acceptors (Lipinski definition) is 1. The van der Waals surface area contributed by atoms with Gasteiger partial charge in [-0.15, -0.1) is 11.8 Å². The molecule has 0 aromatic heterocycles. The Morgan fingerprint density at radius 3 is 0.830 bits per heavy atom. The van der Waals surface area contributed by atoms with Crippen LogP contribution < -0.4 is 37.8 Å². The molecule has 3 heteroatoms. The van der Waals surface area contributed by atoms with Gasteiger partial charge in [0.05, 0.1) is 0 Å². The van der Waals surface area contributed by atoms with Gasteiger partial charge < -0.3 is 0 Å². The van der Waals surface area contributed by atoms with Crippen LogP contribution in [0, 0.1) is 0 Å². The molecule has 0 saturated heterocycles. The number of thioether (sulfide) groups is 1. The van der Waals surface area contributed by atoms with E-state index in [0.717, 1.165) is 11.2 Å². The molecule has 0 atom stereocenters. The van der Waals surface area contributed by atoms with E-state index in [1.807, 2.05) is 11.8 Å². The van der Waals surface area contributed by atoms with Gasteiger partial charge in [0, 0.05) is 5.75 Å². The van der Waals surface area contributed by atoms with Crippen LogP contribution in [0.5, 0.6) is 0 Å². The van der Waals surface area contributed by atoms with E-state index in [-0.39, 0.29) is 0 Å². The molecule has 0 radical (unpaired) electrons. The third kappa shape index (κ3) is 8.01. The molecule has 8 aromatic rings. The predicted octanol–water partition coefficient (Wildman–Crippen LogP) is 8.94. The van der Waals surface area contributed by atoms with Crippen molar-refractivity contribution < 1.29 is 0 Å². The second-order valence-electron chi connectivity index (χ2n) is 13.3. The number of benzene rings is 8. The zero-order valence-corrected chi connectivity index (χ0v) is 31.7. The quantitative estimate of drug-likeness (QED) is 0.0952. The molecule has 0 unspecified atom stereocenters. The smallest absolute Gasteiger partial charge is 0.122 e. The maximum absolute atomic E-state index is 2.32. The van der Waals surface area contributed by atoms with Crippen LogP contribution in [-0.2, 0) is 5.75 Å². The Kier molecular flexibility index (Phi) is 12.1. The van der Waals surface area contributed by atoms with Crippen molar-refractivity contribution in [3.05, 3.63) is 248 Å². The van der Waals surface area contributed by atoms with Gasteiger partial charge in [0.15, 0.2) is 0 Å². The topological polar surface area (TPSA) is 0 Å². The van der Waals surface area contributed by atoms with Gasteiger partial charge in [-0.2, -0.15) is 21.9 Å². The standard InChI is InChI=1S/C26H24PS.C24H20B/c1-5-13-23(14-6-1)21-28-22-27(24-15-7-2-8-16-24,25-17-9-3-10-18-25)26-19-11-4-12-20-26;1-5-13-21(14-6-1)25(22-15-7-2-8-16-22,23-17-9-3-10-18-23)24-19-11-4-12-20-24/h1-20H,21-22H2;1-20H/q+1;-1. The second kappa shape index (κ2) is 17.9.